The van der Waals surface area contributed by atoms with E-state index in [9.17, 15) is 14.4 Å². The van der Waals surface area contributed by atoms with Crippen LogP contribution in [0.2, 0.25) is 0 Å². The maximum absolute atomic E-state index is 12.9. The van der Waals surface area contributed by atoms with Gasteiger partial charge in [0.15, 0.2) is 0 Å². The minimum Gasteiger partial charge on any atom is -0.492 e. The number of imide groups is 2. The van der Waals surface area contributed by atoms with Gasteiger partial charge in [-0.05, 0) is 93.5 Å². The molecular weight excluding hydrogens is 607 g/mol. The quantitative estimate of drug-likeness (QED) is 0.301. The summed E-state index contributed by atoms with van der Waals surface area (Å²) in [7, 11) is 0. The van der Waals surface area contributed by atoms with Gasteiger partial charge in [-0.25, -0.2) is 9.69 Å². The number of amides is 4. The number of rotatable bonds is 4. The highest BCUT2D eigenvalue weighted by Crippen LogP contribution is 2.33. The Hall–Kier alpha value is -1.72. The van der Waals surface area contributed by atoms with Crippen LogP contribution in [0.4, 0.5) is 10.5 Å². The maximum atomic E-state index is 12.9. The summed E-state index contributed by atoms with van der Waals surface area (Å²) in [6.45, 7) is 2.40. The summed E-state index contributed by atoms with van der Waals surface area (Å²) in [6.07, 6.45) is 1.46. The molecule has 1 fully saturated rings. The fourth-order valence-corrected chi connectivity index (χ4v) is 4.63. The number of nitrogens with zero attached hydrogens (tertiary/aromatic N) is 1. The number of urea groups is 1. The topological polar surface area (TPSA) is 75.7 Å². The first-order valence-corrected chi connectivity index (χ1v) is 10.8. The van der Waals surface area contributed by atoms with E-state index in [1.165, 1.54) is 6.08 Å². The van der Waals surface area contributed by atoms with Crippen LogP contribution in [0.1, 0.15) is 12.5 Å². The summed E-state index contributed by atoms with van der Waals surface area (Å²) in [5, 5.41) is 2.21. The molecule has 28 heavy (non-hydrogen) atoms. The lowest BCUT2D eigenvalue weighted by molar-refractivity contribution is -0.122. The van der Waals surface area contributed by atoms with E-state index >= 15 is 0 Å². The lowest BCUT2D eigenvalue weighted by Gasteiger charge is -2.26. The molecule has 6 nitrogen and oxygen atoms in total. The number of barbiturate groups is 1. The van der Waals surface area contributed by atoms with Gasteiger partial charge in [0.25, 0.3) is 11.8 Å². The molecule has 0 spiro atoms. The van der Waals surface area contributed by atoms with Gasteiger partial charge in [-0.15, -0.1) is 0 Å². The van der Waals surface area contributed by atoms with E-state index in [0.29, 0.717) is 28.1 Å². The number of carbonyl (C=O) groups excluding carboxylic acids is 3. The summed E-state index contributed by atoms with van der Waals surface area (Å²) < 4.78 is 7.91. The van der Waals surface area contributed by atoms with Crippen molar-refractivity contribution in [2.75, 3.05) is 11.5 Å². The van der Waals surface area contributed by atoms with Crippen LogP contribution in [0, 0.1) is 3.57 Å². The number of hydrogen-bond acceptors (Lipinski definition) is 4. The molecule has 3 rings (SSSR count). The average molecular weight is 620 g/mol. The monoisotopic (exact) mass is 618 g/mol. The summed E-state index contributed by atoms with van der Waals surface area (Å²) in [6, 6.07) is 9.42. The van der Waals surface area contributed by atoms with Gasteiger partial charge in [0, 0.05) is 4.47 Å². The molecule has 1 heterocycles. The standard InChI is InChI=1S/C19H13Br2IN2O4/c1-2-28-16-14(21)8-10(9-15(16)22)7-13-17(25)23-19(27)24(18(13)26)12-5-3-11(20)4-6-12/h3-9H,2H2,1H3,(H,23,25,27)/b13-7+. The Balaban J connectivity index is 2.00. The molecule has 9 heteroatoms. The van der Waals surface area contributed by atoms with Crippen LogP contribution in [0.15, 0.2) is 50.9 Å². The molecule has 0 aromatic heterocycles. The van der Waals surface area contributed by atoms with Crippen LogP contribution in [0.25, 0.3) is 6.08 Å². The van der Waals surface area contributed by atoms with E-state index in [-0.39, 0.29) is 5.57 Å². The third kappa shape index (κ3) is 4.31. The minimum atomic E-state index is -0.781. The van der Waals surface area contributed by atoms with Crippen LogP contribution < -0.4 is 15.0 Å². The van der Waals surface area contributed by atoms with Gasteiger partial charge in [0.2, 0.25) is 0 Å². The number of benzene rings is 2. The molecule has 2 aromatic carbocycles. The van der Waals surface area contributed by atoms with Gasteiger partial charge in [-0.2, -0.15) is 0 Å². The third-order valence-electron chi connectivity index (χ3n) is 3.81. The van der Waals surface area contributed by atoms with E-state index < -0.39 is 17.8 Å². The number of anilines is 1. The second-order valence-corrected chi connectivity index (χ2v) is 8.61. The zero-order chi connectivity index (χ0) is 20.4. The van der Waals surface area contributed by atoms with Crippen LogP contribution in [0.5, 0.6) is 5.75 Å². The molecule has 2 aromatic rings. The Kier molecular flexibility index (Phi) is 6.56. The van der Waals surface area contributed by atoms with Gasteiger partial charge >= 0.3 is 6.03 Å². The molecule has 0 aliphatic carbocycles. The molecule has 4 amide bonds. The lowest BCUT2D eigenvalue weighted by Crippen LogP contribution is -2.54. The van der Waals surface area contributed by atoms with Crippen LogP contribution >= 0.6 is 54.5 Å². The number of carbonyl (C=O) groups is 3. The predicted molar refractivity (Wildman–Crippen MR) is 121 cm³/mol. The Morgan fingerprint density at radius 2 is 1.82 bits per heavy atom. The number of ether oxygens (including phenoxy) is 1. The van der Waals surface area contributed by atoms with Crippen molar-refractivity contribution < 1.29 is 19.1 Å². The highest BCUT2D eigenvalue weighted by atomic mass is 127. The first kappa shape index (κ1) is 21.0. The van der Waals surface area contributed by atoms with Gasteiger partial charge in [-0.1, -0.05) is 15.9 Å². The van der Waals surface area contributed by atoms with E-state index in [0.717, 1.165) is 12.9 Å². The first-order valence-electron chi connectivity index (χ1n) is 8.10. The van der Waals surface area contributed by atoms with E-state index in [1.807, 2.05) is 6.92 Å². The number of hydrogen-bond donors (Lipinski definition) is 1. The SMILES string of the molecule is CCOc1c(Br)cc(/C=C2\C(=O)NC(=O)N(c3ccc(Br)cc3)C2=O)cc1I. The van der Waals surface area contributed by atoms with Gasteiger partial charge < -0.3 is 4.74 Å². The zero-order valence-electron chi connectivity index (χ0n) is 14.5. The van der Waals surface area contributed by atoms with E-state index in [4.69, 9.17) is 4.74 Å². The third-order valence-corrected chi connectivity index (χ3v) is 5.73. The largest absolute Gasteiger partial charge is 0.492 e. The molecule has 0 radical (unpaired) electrons. The maximum Gasteiger partial charge on any atom is 0.335 e. The fourth-order valence-electron chi connectivity index (χ4n) is 2.59. The van der Waals surface area contributed by atoms with Crippen molar-refractivity contribution in [1.82, 2.24) is 5.32 Å². The molecular formula is C19H13Br2IN2O4. The van der Waals surface area contributed by atoms with Crippen molar-refractivity contribution in [3.05, 3.63) is 60.1 Å². The predicted octanol–water partition coefficient (Wildman–Crippen LogP) is 4.88. The molecule has 1 aliphatic heterocycles. The highest BCUT2D eigenvalue weighted by molar-refractivity contribution is 14.1. The molecule has 0 unspecified atom stereocenters. The minimum absolute atomic E-state index is 0.130. The molecule has 0 atom stereocenters. The molecule has 1 aliphatic rings. The Morgan fingerprint density at radius 3 is 2.43 bits per heavy atom. The van der Waals surface area contributed by atoms with Crippen molar-refractivity contribution in [2.24, 2.45) is 0 Å². The van der Waals surface area contributed by atoms with Crippen molar-refractivity contribution in [3.8, 4) is 5.75 Å². The molecule has 0 saturated carbocycles. The van der Waals surface area contributed by atoms with Crippen LogP contribution in [-0.4, -0.2) is 24.5 Å². The van der Waals surface area contributed by atoms with E-state index in [2.05, 4.69) is 59.8 Å². The second kappa shape index (κ2) is 8.75. The Bertz CT molecular complexity index is 982. The summed E-state index contributed by atoms with van der Waals surface area (Å²) in [5.74, 6) is -0.726. The van der Waals surface area contributed by atoms with Crippen LogP contribution in [0.3, 0.4) is 0 Å². The normalized spacial score (nSPS) is 15.8. The van der Waals surface area contributed by atoms with E-state index in [1.54, 1.807) is 36.4 Å². The molecule has 0 bridgehead atoms. The fraction of sp³-hybridized carbons (Fsp3) is 0.105. The van der Waals surface area contributed by atoms with Crippen molar-refractivity contribution in [3.63, 3.8) is 0 Å². The summed E-state index contributed by atoms with van der Waals surface area (Å²) in [4.78, 5) is 38.4. The van der Waals surface area contributed by atoms with Crippen molar-refractivity contribution >= 4 is 84.1 Å². The Morgan fingerprint density at radius 1 is 1.14 bits per heavy atom. The molecule has 144 valence electrons. The second-order valence-electron chi connectivity index (χ2n) is 5.68. The summed E-state index contributed by atoms with van der Waals surface area (Å²) >= 11 is 8.88. The number of nitrogens with one attached hydrogen (secondary N) is 1. The van der Waals surface area contributed by atoms with Gasteiger partial charge in [0.05, 0.1) is 20.3 Å². The van der Waals surface area contributed by atoms with Crippen LogP contribution in [-0.2, 0) is 9.59 Å². The molecule has 1 saturated heterocycles. The van der Waals surface area contributed by atoms with Gasteiger partial charge in [0.1, 0.15) is 11.3 Å². The average Bonchev–Trinajstić information content (AvgIpc) is 2.63. The highest BCUT2D eigenvalue weighted by Gasteiger charge is 2.36. The first-order chi connectivity index (χ1) is 13.3. The summed E-state index contributed by atoms with van der Waals surface area (Å²) in [5.41, 5.74) is 0.865. The molecule has 1 N–H and O–H groups in total. The number of halogens is 3. The Labute approximate surface area is 191 Å². The van der Waals surface area contributed by atoms with Crippen molar-refractivity contribution in [1.29, 1.82) is 0 Å². The van der Waals surface area contributed by atoms with Crippen molar-refractivity contribution in [2.45, 2.75) is 6.92 Å². The zero-order valence-corrected chi connectivity index (χ0v) is 19.8. The lowest BCUT2D eigenvalue weighted by atomic mass is 10.1. The van der Waals surface area contributed by atoms with Gasteiger partial charge in [-0.3, -0.25) is 14.9 Å². The smallest absolute Gasteiger partial charge is 0.335 e.